The van der Waals surface area contributed by atoms with Gasteiger partial charge in [-0.15, -0.1) is 0 Å². The number of carbonyl (C=O) groups excluding carboxylic acids is 3. The van der Waals surface area contributed by atoms with Gasteiger partial charge in [-0.1, -0.05) is 92.7 Å². The monoisotopic (exact) mass is 544 g/mol. The maximum atomic E-state index is 13.2. The number of hydrogen-bond acceptors (Lipinski definition) is 3. The Kier molecular flexibility index (Phi) is 9.34. The van der Waals surface area contributed by atoms with Crippen molar-refractivity contribution in [1.82, 2.24) is 9.88 Å². The molecule has 0 fully saturated rings. The fourth-order valence-electron chi connectivity index (χ4n) is 5.16. The summed E-state index contributed by atoms with van der Waals surface area (Å²) in [5.41, 5.74) is 10.4. The molecule has 5 nitrogen and oxygen atoms in total. The van der Waals surface area contributed by atoms with Crippen LogP contribution in [0.25, 0.3) is 22.0 Å². The highest BCUT2D eigenvalue weighted by atomic mass is 16.2. The number of carbonyl (C=O) groups is 1. The Hall–Kier alpha value is -4.73. The van der Waals surface area contributed by atoms with E-state index in [1.807, 2.05) is 25.1 Å². The van der Waals surface area contributed by atoms with Crippen LogP contribution in [0.5, 0.6) is 0 Å². The Bertz CT molecular complexity index is 1680. The highest BCUT2D eigenvalue weighted by Gasteiger charge is 2.16. The molecule has 1 N–H and O–H groups in total. The van der Waals surface area contributed by atoms with Gasteiger partial charge in [0.2, 0.25) is 0 Å². The summed E-state index contributed by atoms with van der Waals surface area (Å²) in [6.45, 7) is 11.5. The van der Waals surface area contributed by atoms with Gasteiger partial charge in [-0.3, -0.25) is 4.79 Å². The average Bonchev–Trinajstić information content (AvgIpc) is 3.22. The molecule has 1 atom stereocenters. The van der Waals surface area contributed by atoms with Crippen LogP contribution in [0.3, 0.4) is 0 Å². The standard InChI is InChI=1S/C35H36N2O.CO2/c1-23(2)30-12-9-13-31(20-30)25(4)36-35(38)32-18-19-34-33(21-32)24(3)26(5)37(34)22-27-14-16-29(17-15-27)28-10-7-6-8-11-28;2-1-3/h6-21,23,25H,22H2,1-5H3,(H,36,38);/t25-;/m0./s1. The molecule has 5 aromatic rings. The van der Waals surface area contributed by atoms with Crippen molar-refractivity contribution in [1.29, 1.82) is 0 Å². The number of hydrogen-bond donors (Lipinski definition) is 1. The second kappa shape index (κ2) is 13.1. The number of aromatic nitrogens is 1. The second-order valence-corrected chi connectivity index (χ2v) is 10.7. The first-order valence-electron chi connectivity index (χ1n) is 13.9. The molecular formula is C36H36N2O3. The number of rotatable bonds is 7. The third kappa shape index (κ3) is 6.71. The number of aryl methyl sites for hydroxylation is 1. The van der Waals surface area contributed by atoms with Gasteiger partial charge in [0.05, 0.1) is 6.04 Å². The van der Waals surface area contributed by atoms with Crippen molar-refractivity contribution in [2.75, 3.05) is 0 Å². The van der Waals surface area contributed by atoms with Crippen molar-refractivity contribution in [3.63, 3.8) is 0 Å². The van der Waals surface area contributed by atoms with Gasteiger partial charge >= 0.3 is 6.15 Å². The van der Waals surface area contributed by atoms with Crippen molar-refractivity contribution in [3.8, 4) is 11.1 Å². The van der Waals surface area contributed by atoms with Gasteiger partial charge < -0.3 is 9.88 Å². The quantitative estimate of drug-likeness (QED) is 0.226. The maximum absolute atomic E-state index is 13.2. The largest absolute Gasteiger partial charge is 0.373 e. The van der Waals surface area contributed by atoms with E-state index in [0.29, 0.717) is 11.5 Å². The molecule has 0 saturated carbocycles. The normalized spacial score (nSPS) is 11.5. The predicted octanol–water partition coefficient (Wildman–Crippen LogP) is 8.00. The number of benzene rings is 4. The van der Waals surface area contributed by atoms with E-state index < -0.39 is 0 Å². The van der Waals surface area contributed by atoms with Crippen molar-refractivity contribution in [2.24, 2.45) is 0 Å². The van der Waals surface area contributed by atoms with Crippen LogP contribution in [0.15, 0.2) is 97.1 Å². The summed E-state index contributed by atoms with van der Waals surface area (Å²) in [5.74, 6) is 0.410. The van der Waals surface area contributed by atoms with Gasteiger partial charge in [0.15, 0.2) is 0 Å². The Morgan fingerprint density at radius 2 is 1.41 bits per heavy atom. The van der Waals surface area contributed by atoms with E-state index in [2.05, 4.69) is 116 Å². The lowest BCUT2D eigenvalue weighted by molar-refractivity contribution is -0.191. The summed E-state index contributed by atoms with van der Waals surface area (Å²) in [7, 11) is 0. The lowest BCUT2D eigenvalue weighted by Gasteiger charge is -2.16. The van der Waals surface area contributed by atoms with Gasteiger partial charge in [-0.25, -0.2) is 0 Å². The summed E-state index contributed by atoms with van der Waals surface area (Å²) in [5, 5.41) is 4.33. The van der Waals surface area contributed by atoms with Crippen molar-refractivity contribution >= 4 is 23.0 Å². The number of nitrogens with one attached hydrogen (secondary N) is 1. The molecule has 1 amide bonds. The zero-order chi connectivity index (χ0) is 29.5. The molecule has 0 bridgehead atoms. The van der Waals surface area contributed by atoms with Gasteiger partial charge in [-0.2, -0.15) is 9.59 Å². The van der Waals surface area contributed by atoms with Crippen LogP contribution >= 0.6 is 0 Å². The molecule has 0 radical (unpaired) electrons. The first kappa shape index (κ1) is 29.3. The Morgan fingerprint density at radius 1 is 0.780 bits per heavy atom. The molecule has 0 unspecified atom stereocenters. The molecule has 0 aliphatic heterocycles. The molecule has 1 heterocycles. The molecule has 0 saturated heterocycles. The minimum absolute atomic E-state index is 0.0457. The molecule has 0 spiro atoms. The Morgan fingerprint density at radius 3 is 2.07 bits per heavy atom. The summed E-state index contributed by atoms with van der Waals surface area (Å²) >= 11 is 0. The molecule has 208 valence electrons. The topological polar surface area (TPSA) is 68.2 Å². The van der Waals surface area contributed by atoms with E-state index in [1.54, 1.807) is 0 Å². The number of nitrogens with zero attached hydrogens (tertiary/aromatic N) is 1. The molecular weight excluding hydrogens is 508 g/mol. The van der Waals surface area contributed by atoms with Gasteiger partial charge in [0.1, 0.15) is 0 Å². The third-order valence-corrected chi connectivity index (χ3v) is 7.73. The van der Waals surface area contributed by atoms with Crippen LogP contribution in [-0.4, -0.2) is 16.6 Å². The van der Waals surface area contributed by atoms with E-state index >= 15 is 0 Å². The van der Waals surface area contributed by atoms with Crippen LogP contribution in [0.4, 0.5) is 0 Å². The fourth-order valence-corrected chi connectivity index (χ4v) is 5.16. The van der Waals surface area contributed by atoms with Crippen LogP contribution < -0.4 is 5.32 Å². The molecule has 41 heavy (non-hydrogen) atoms. The highest BCUT2D eigenvalue weighted by molar-refractivity contribution is 5.99. The highest BCUT2D eigenvalue weighted by Crippen LogP contribution is 2.28. The van der Waals surface area contributed by atoms with Crippen LogP contribution in [-0.2, 0) is 16.1 Å². The molecule has 4 aromatic carbocycles. The van der Waals surface area contributed by atoms with Gasteiger partial charge in [0, 0.05) is 28.7 Å². The van der Waals surface area contributed by atoms with Crippen LogP contribution in [0, 0.1) is 13.8 Å². The predicted molar refractivity (Wildman–Crippen MR) is 164 cm³/mol. The zero-order valence-electron chi connectivity index (χ0n) is 24.3. The molecule has 5 rings (SSSR count). The van der Waals surface area contributed by atoms with Crippen molar-refractivity contribution in [2.45, 2.75) is 53.1 Å². The van der Waals surface area contributed by atoms with E-state index in [9.17, 15) is 4.79 Å². The minimum atomic E-state index is -0.0665. The maximum Gasteiger partial charge on any atom is 0.373 e. The SMILES string of the molecule is Cc1c(C)n(Cc2ccc(-c3ccccc3)cc2)c2ccc(C(=O)N[C@@H](C)c3cccc(C(C)C)c3)cc12.O=C=O. The fraction of sp³-hybridized carbons (Fsp3) is 0.222. The van der Waals surface area contributed by atoms with E-state index in [0.717, 1.165) is 23.0 Å². The second-order valence-electron chi connectivity index (χ2n) is 10.7. The van der Waals surface area contributed by atoms with Gasteiger partial charge in [-0.05, 0) is 78.3 Å². The lowest BCUT2D eigenvalue weighted by Crippen LogP contribution is -2.26. The first-order valence-corrected chi connectivity index (χ1v) is 13.9. The van der Waals surface area contributed by atoms with Gasteiger partial charge in [0.25, 0.3) is 5.91 Å². The van der Waals surface area contributed by atoms with Crippen LogP contribution in [0.2, 0.25) is 0 Å². The van der Waals surface area contributed by atoms with E-state index in [1.165, 1.54) is 33.5 Å². The lowest BCUT2D eigenvalue weighted by atomic mass is 9.98. The summed E-state index contributed by atoms with van der Waals surface area (Å²) in [6.07, 6.45) is 0.250. The van der Waals surface area contributed by atoms with E-state index in [-0.39, 0.29) is 18.1 Å². The Labute approximate surface area is 241 Å². The zero-order valence-corrected chi connectivity index (χ0v) is 24.3. The van der Waals surface area contributed by atoms with Crippen LogP contribution in [0.1, 0.15) is 71.0 Å². The minimum Gasteiger partial charge on any atom is -0.346 e. The molecule has 0 aliphatic rings. The summed E-state index contributed by atoms with van der Waals surface area (Å²) < 4.78 is 2.35. The Balaban J connectivity index is 0.00000124. The summed E-state index contributed by atoms with van der Waals surface area (Å²) in [6, 6.07) is 33.8. The average molecular weight is 545 g/mol. The number of fused-ring (bicyclic) bond motifs is 1. The third-order valence-electron chi connectivity index (χ3n) is 7.73. The van der Waals surface area contributed by atoms with Crippen molar-refractivity contribution in [3.05, 3.63) is 131 Å². The molecule has 0 aliphatic carbocycles. The van der Waals surface area contributed by atoms with E-state index in [4.69, 9.17) is 9.59 Å². The summed E-state index contributed by atoms with van der Waals surface area (Å²) in [4.78, 5) is 29.5. The molecule has 5 heteroatoms. The number of amides is 1. The molecule has 1 aromatic heterocycles. The van der Waals surface area contributed by atoms with Crippen molar-refractivity contribution < 1.29 is 14.4 Å². The smallest absolute Gasteiger partial charge is 0.346 e. The first-order chi connectivity index (χ1) is 19.7.